The molecule has 1 saturated heterocycles. The minimum Gasteiger partial charge on any atom is -0.495 e. The third kappa shape index (κ3) is 4.76. The van der Waals surface area contributed by atoms with E-state index in [4.69, 9.17) is 4.74 Å². The van der Waals surface area contributed by atoms with Crippen LogP contribution in [0.5, 0.6) is 5.75 Å². The molecule has 0 saturated carbocycles. The molecular weight excluding hydrogens is 402 g/mol. The van der Waals surface area contributed by atoms with E-state index in [1.54, 1.807) is 48.2 Å². The normalized spacial score (nSPS) is 15.3. The Morgan fingerprint density at radius 3 is 2.37 bits per heavy atom. The van der Waals surface area contributed by atoms with E-state index in [0.29, 0.717) is 41.7 Å². The highest BCUT2D eigenvalue weighted by Gasteiger charge is 2.25. The number of hydrogen-bond donors (Lipinski definition) is 1. The highest BCUT2D eigenvalue weighted by molar-refractivity contribution is 7.92. The average Bonchev–Trinajstić information content (AvgIpc) is 2.73. The lowest BCUT2D eigenvalue weighted by Gasteiger charge is -2.37. The minimum absolute atomic E-state index is 0.0834. The number of sulfonamides is 1. The van der Waals surface area contributed by atoms with E-state index in [1.807, 2.05) is 0 Å². The maximum absolute atomic E-state index is 13.1. The first-order chi connectivity index (χ1) is 14.2. The lowest BCUT2D eigenvalue weighted by molar-refractivity contribution is 0.0595. The summed E-state index contributed by atoms with van der Waals surface area (Å²) in [5.41, 5.74) is 1.29. The fourth-order valence-electron chi connectivity index (χ4n) is 3.58. The van der Waals surface area contributed by atoms with Gasteiger partial charge in [-0.05, 0) is 50.6 Å². The van der Waals surface area contributed by atoms with Gasteiger partial charge in [0, 0.05) is 37.8 Å². The molecular formula is C22H29N3O4S. The summed E-state index contributed by atoms with van der Waals surface area (Å²) in [4.78, 5) is 17.2. The molecule has 162 valence electrons. The molecule has 1 N–H and O–H groups in total. The Hall–Kier alpha value is -2.58. The second-order valence-corrected chi connectivity index (χ2v) is 9.36. The number of ether oxygens (including phenoxy) is 1. The first kappa shape index (κ1) is 22.1. The van der Waals surface area contributed by atoms with Gasteiger partial charge in [-0.3, -0.25) is 14.4 Å². The van der Waals surface area contributed by atoms with Crippen LogP contribution in [-0.2, 0) is 10.0 Å². The summed E-state index contributed by atoms with van der Waals surface area (Å²) in [5, 5.41) is 0. The van der Waals surface area contributed by atoms with Crippen LogP contribution in [0.25, 0.3) is 0 Å². The van der Waals surface area contributed by atoms with Gasteiger partial charge in [-0.1, -0.05) is 18.2 Å². The Morgan fingerprint density at radius 2 is 1.73 bits per heavy atom. The maximum atomic E-state index is 13.1. The smallest absolute Gasteiger partial charge is 0.262 e. The molecule has 2 aromatic carbocycles. The zero-order chi connectivity index (χ0) is 21.9. The van der Waals surface area contributed by atoms with Crippen molar-refractivity contribution < 1.29 is 17.9 Å². The number of anilines is 1. The molecule has 1 aliphatic heterocycles. The van der Waals surface area contributed by atoms with Crippen molar-refractivity contribution in [3.8, 4) is 5.75 Å². The van der Waals surface area contributed by atoms with Crippen molar-refractivity contribution in [3.05, 3.63) is 53.6 Å². The quantitative estimate of drug-likeness (QED) is 0.761. The molecule has 1 amide bonds. The van der Waals surface area contributed by atoms with Crippen LogP contribution in [0.1, 0.15) is 29.8 Å². The Morgan fingerprint density at radius 1 is 1.07 bits per heavy atom. The zero-order valence-corrected chi connectivity index (χ0v) is 18.7. The molecule has 2 aromatic rings. The molecule has 0 bridgehead atoms. The number of amides is 1. The van der Waals surface area contributed by atoms with E-state index in [-0.39, 0.29) is 10.8 Å². The van der Waals surface area contributed by atoms with E-state index in [9.17, 15) is 13.2 Å². The molecule has 0 unspecified atom stereocenters. The molecule has 0 radical (unpaired) electrons. The van der Waals surface area contributed by atoms with Gasteiger partial charge in [0.25, 0.3) is 15.9 Å². The van der Waals surface area contributed by atoms with Crippen molar-refractivity contribution in [2.75, 3.05) is 38.0 Å². The van der Waals surface area contributed by atoms with E-state index in [1.165, 1.54) is 13.2 Å². The van der Waals surface area contributed by atoms with Crippen LogP contribution in [0.3, 0.4) is 0 Å². The molecule has 8 heteroatoms. The number of aryl methyl sites for hydroxylation is 1. The summed E-state index contributed by atoms with van der Waals surface area (Å²) in [5.74, 6) is 0.279. The first-order valence-electron chi connectivity index (χ1n) is 10.0. The van der Waals surface area contributed by atoms with Gasteiger partial charge in [-0.2, -0.15) is 0 Å². The number of nitrogens with zero attached hydrogens (tertiary/aromatic N) is 2. The van der Waals surface area contributed by atoms with Crippen molar-refractivity contribution in [1.29, 1.82) is 0 Å². The molecule has 0 atom stereocenters. The van der Waals surface area contributed by atoms with E-state index in [2.05, 4.69) is 23.5 Å². The van der Waals surface area contributed by atoms with Crippen molar-refractivity contribution in [1.82, 2.24) is 9.80 Å². The molecule has 1 fully saturated rings. The van der Waals surface area contributed by atoms with Crippen molar-refractivity contribution in [2.45, 2.75) is 31.7 Å². The molecule has 0 spiro atoms. The molecule has 7 nitrogen and oxygen atoms in total. The van der Waals surface area contributed by atoms with Crippen LogP contribution in [-0.4, -0.2) is 63.5 Å². The summed E-state index contributed by atoms with van der Waals surface area (Å²) in [6, 6.07) is 12.1. The number of para-hydroxylation sites is 2. The van der Waals surface area contributed by atoms with Gasteiger partial charge in [-0.25, -0.2) is 8.42 Å². The van der Waals surface area contributed by atoms with Gasteiger partial charge < -0.3 is 9.64 Å². The number of carbonyl (C=O) groups is 1. The Labute approximate surface area is 178 Å². The highest BCUT2D eigenvalue weighted by atomic mass is 32.2. The van der Waals surface area contributed by atoms with Crippen LogP contribution in [0, 0.1) is 6.92 Å². The summed E-state index contributed by atoms with van der Waals surface area (Å²) < 4.78 is 33.9. The van der Waals surface area contributed by atoms with Gasteiger partial charge in [0.05, 0.1) is 17.7 Å². The van der Waals surface area contributed by atoms with Crippen LogP contribution in [0.2, 0.25) is 0 Å². The summed E-state index contributed by atoms with van der Waals surface area (Å²) in [6.07, 6.45) is 0. The number of piperazine rings is 1. The summed E-state index contributed by atoms with van der Waals surface area (Å²) in [7, 11) is -2.41. The Balaban J connectivity index is 1.83. The number of benzene rings is 2. The second kappa shape index (κ2) is 9.06. The van der Waals surface area contributed by atoms with E-state index in [0.717, 1.165) is 13.1 Å². The number of carbonyl (C=O) groups excluding carboxylic acids is 1. The van der Waals surface area contributed by atoms with Crippen LogP contribution in [0.15, 0.2) is 47.4 Å². The largest absolute Gasteiger partial charge is 0.495 e. The molecule has 30 heavy (non-hydrogen) atoms. The molecule has 0 aliphatic carbocycles. The second-order valence-electron chi connectivity index (χ2n) is 7.71. The van der Waals surface area contributed by atoms with Crippen LogP contribution in [0.4, 0.5) is 5.69 Å². The predicted molar refractivity (Wildman–Crippen MR) is 118 cm³/mol. The third-order valence-corrected chi connectivity index (χ3v) is 6.92. The van der Waals surface area contributed by atoms with E-state index < -0.39 is 10.0 Å². The number of hydrogen-bond acceptors (Lipinski definition) is 5. The van der Waals surface area contributed by atoms with Gasteiger partial charge in [-0.15, -0.1) is 0 Å². The van der Waals surface area contributed by atoms with E-state index >= 15 is 0 Å². The lowest BCUT2D eigenvalue weighted by Crippen LogP contribution is -2.50. The average molecular weight is 432 g/mol. The van der Waals surface area contributed by atoms with Gasteiger partial charge >= 0.3 is 0 Å². The number of nitrogens with one attached hydrogen (secondary N) is 1. The van der Waals surface area contributed by atoms with Gasteiger partial charge in [0.2, 0.25) is 0 Å². The standard InChI is InChI=1S/C22H29N3O4S/c1-16(2)24-11-13-25(14-12-24)22(26)18-10-9-17(3)21(15-18)30(27,28)23-19-7-5-6-8-20(19)29-4/h5-10,15-16,23H,11-14H2,1-4H3. The topological polar surface area (TPSA) is 78.9 Å². The van der Waals surface area contributed by atoms with Crippen molar-refractivity contribution >= 4 is 21.6 Å². The number of rotatable bonds is 6. The fourth-order valence-corrected chi connectivity index (χ4v) is 4.92. The van der Waals surface area contributed by atoms with Crippen molar-refractivity contribution in [2.24, 2.45) is 0 Å². The summed E-state index contributed by atoms with van der Waals surface area (Å²) >= 11 is 0. The maximum Gasteiger partial charge on any atom is 0.262 e. The zero-order valence-electron chi connectivity index (χ0n) is 17.9. The summed E-state index contributed by atoms with van der Waals surface area (Å²) in [6.45, 7) is 8.89. The predicted octanol–water partition coefficient (Wildman–Crippen LogP) is 2.97. The third-order valence-electron chi connectivity index (χ3n) is 5.41. The molecule has 0 aromatic heterocycles. The molecule has 1 aliphatic rings. The Kier molecular flexibility index (Phi) is 6.67. The fraction of sp³-hybridized carbons (Fsp3) is 0.409. The number of methoxy groups -OCH3 is 1. The minimum atomic E-state index is -3.89. The molecule has 1 heterocycles. The van der Waals surface area contributed by atoms with Crippen molar-refractivity contribution in [3.63, 3.8) is 0 Å². The van der Waals surface area contributed by atoms with Crippen LogP contribution >= 0.6 is 0 Å². The lowest BCUT2D eigenvalue weighted by atomic mass is 10.1. The highest BCUT2D eigenvalue weighted by Crippen LogP contribution is 2.27. The first-order valence-corrected chi connectivity index (χ1v) is 11.5. The van der Waals surface area contributed by atoms with Gasteiger partial charge in [0.1, 0.15) is 5.75 Å². The monoisotopic (exact) mass is 431 g/mol. The van der Waals surface area contributed by atoms with Gasteiger partial charge in [0.15, 0.2) is 0 Å². The SMILES string of the molecule is COc1ccccc1NS(=O)(=O)c1cc(C(=O)N2CCN(C(C)C)CC2)ccc1C. The Bertz CT molecular complexity index is 1010. The molecule has 3 rings (SSSR count). The van der Waals surface area contributed by atoms with Crippen LogP contribution < -0.4 is 9.46 Å².